The lowest BCUT2D eigenvalue weighted by atomic mass is 10.3. The van der Waals surface area contributed by atoms with Gasteiger partial charge in [0.15, 0.2) is 0 Å². The van der Waals surface area contributed by atoms with Gasteiger partial charge in [0.2, 0.25) is 0 Å². The molecule has 7 heteroatoms. The highest BCUT2D eigenvalue weighted by atomic mass is 79.9. The summed E-state index contributed by atoms with van der Waals surface area (Å²) >= 11 is 0. The van der Waals surface area contributed by atoms with Crippen LogP contribution >= 0.6 is 17.0 Å². The molecule has 1 rings (SSSR count). The minimum Gasteiger partial charge on any atom is -0.462 e. The highest BCUT2D eigenvalue weighted by molar-refractivity contribution is 8.93. The number of esters is 1. The van der Waals surface area contributed by atoms with E-state index in [9.17, 15) is 4.79 Å². The molecule has 1 N–H and O–H groups in total. The topological polar surface area (TPSA) is 60.0 Å². The van der Waals surface area contributed by atoms with Gasteiger partial charge in [0.1, 0.15) is 12.6 Å². The predicted molar refractivity (Wildman–Crippen MR) is 72.4 cm³/mol. The van der Waals surface area contributed by atoms with Crippen LogP contribution in [-0.4, -0.2) is 57.1 Å². The van der Waals surface area contributed by atoms with Crippen LogP contribution in [0, 0.1) is 0 Å². The summed E-state index contributed by atoms with van der Waals surface area (Å²) in [5.41, 5.74) is 0. The summed E-state index contributed by atoms with van der Waals surface area (Å²) in [5.74, 6) is -0.242. The minimum absolute atomic E-state index is 0. The average molecular weight is 325 g/mol. The quantitative estimate of drug-likeness (QED) is 0.518. The van der Waals surface area contributed by atoms with E-state index in [0.29, 0.717) is 26.5 Å². The number of carbonyl (C=O) groups excluding carboxylic acids is 1. The zero-order valence-electron chi connectivity index (χ0n) is 10.8. The first-order valence-electron chi connectivity index (χ1n) is 5.65. The van der Waals surface area contributed by atoms with Crippen molar-refractivity contribution in [1.82, 2.24) is 10.2 Å². The summed E-state index contributed by atoms with van der Waals surface area (Å²) in [6.07, 6.45) is 3.64. The second kappa shape index (κ2) is 10.2. The van der Waals surface area contributed by atoms with Crippen LogP contribution < -0.4 is 5.32 Å². The summed E-state index contributed by atoms with van der Waals surface area (Å²) in [5, 5.41) is 3.00. The Hall–Kier alpha value is -0.790. The molecule has 1 aliphatic rings. The Balaban J connectivity index is 0.00000289. The van der Waals surface area contributed by atoms with Gasteiger partial charge in [0, 0.05) is 19.5 Å². The molecular formula is C11H21BrN2O4. The van der Waals surface area contributed by atoms with Crippen LogP contribution in [0.4, 0.5) is 0 Å². The Morgan fingerprint density at radius 3 is 2.72 bits per heavy atom. The molecule has 0 saturated heterocycles. The number of halogens is 1. The largest absolute Gasteiger partial charge is 0.462 e. The molecule has 0 aromatic carbocycles. The van der Waals surface area contributed by atoms with Gasteiger partial charge in [-0.25, -0.2) is 4.79 Å². The molecule has 0 aromatic rings. The summed E-state index contributed by atoms with van der Waals surface area (Å²) in [4.78, 5) is 13.5. The van der Waals surface area contributed by atoms with Crippen molar-refractivity contribution in [2.24, 2.45) is 0 Å². The Labute approximate surface area is 118 Å². The minimum atomic E-state index is -0.278. The van der Waals surface area contributed by atoms with Crippen LogP contribution in [0.5, 0.6) is 0 Å². The molecule has 0 radical (unpaired) electrons. The zero-order valence-corrected chi connectivity index (χ0v) is 12.5. The number of methoxy groups -OCH3 is 1. The van der Waals surface area contributed by atoms with Gasteiger partial charge in [-0.15, -0.1) is 17.0 Å². The highest BCUT2D eigenvalue weighted by Crippen LogP contribution is 2.04. The van der Waals surface area contributed by atoms with Gasteiger partial charge in [-0.2, -0.15) is 0 Å². The highest BCUT2D eigenvalue weighted by Gasteiger charge is 2.21. The maximum Gasteiger partial charge on any atom is 0.328 e. The van der Waals surface area contributed by atoms with Gasteiger partial charge in [-0.3, -0.25) is 0 Å². The molecule has 0 aromatic heterocycles. The summed E-state index contributed by atoms with van der Waals surface area (Å²) in [6, 6.07) is -0.278. The van der Waals surface area contributed by atoms with Gasteiger partial charge in [-0.1, -0.05) is 0 Å². The number of nitrogens with one attached hydrogen (secondary N) is 1. The van der Waals surface area contributed by atoms with Crippen molar-refractivity contribution in [2.45, 2.75) is 13.0 Å². The van der Waals surface area contributed by atoms with E-state index in [-0.39, 0.29) is 35.6 Å². The predicted octanol–water partition coefficient (Wildman–Crippen LogP) is 0.493. The fourth-order valence-corrected chi connectivity index (χ4v) is 1.33. The number of rotatable bonds is 8. The lowest BCUT2D eigenvalue weighted by Crippen LogP contribution is -2.37. The van der Waals surface area contributed by atoms with E-state index in [1.807, 2.05) is 18.0 Å². The third-order valence-electron chi connectivity index (χ3n) is 2.40. The van der Waals surface area contributed by atoms with Crippen LogP contribution in [-0.2, 0) is 19.0 Å². The van der Waals surface area contributed by atoms with Crippen molar-refractivity contribution >= 4 is 23.0 Å². The number of nitrogens with zero attached hydrogens (tertiary/aromatic N) is 1. The fourth-order valence-electron chi connectivity index (χ4n) is 1.33. The Morgan fingerprint density at radius 2 is 2.11 bits per heavy atom. The third kappa shape index (κ3) is 6.23. The molecule has 0 aliphatic carbocycles. The van der Waals surface area contributed by atoms with Crippen molar-refractivity contribution in [3.63, 3.8) is 0 Å². The van der Waals surface area contributed by atoms with E-state index in [1.54, 1.807) is 13.3 Å². The van der Waals surface area contributed by atoms with E-state index in [0.717, 1.165) is 0 Å². The first kappa shape index (κ1) is 17.2. The fraction of sp³-hybridized carbons (Fsp3) is 0.727. The standard InChI is InChI=1S/C11H20N2O4.BrH/c1-10(13-4-3-12-9-13)11(14)17-8-7-16-6-5-15-2;/h3-4,10,12H,5-9H2,1-2H3;1H. The van der Waals surface area contributed by atoms with Crippen LogP contribution in [0.25, 0.3) is 0 Å². The van der Waals surface area contributed by atoms with Gasteiger partial charge in [-0.05, 0) is 6.92 Å². The zero-order chi connectivity index (χ0) is 12.5. The second-order valence-electron chi connectivity index (χ2n) is 3.64. The van der Waals surface area contributed by atoms with Crippen LogP contribution in [0.1, 0.15) is 6.92 Å². The monoisotopic (exact) mass is 324 g/mol. The van der Waals surface area contributed by atoms with E-state index in [1.165, 1.54) is 0 Å². The third-order valence-corrected chi connectivity index (χ3v) is 2.40. The maximum atomic E-state index is 11.6. The summed E-state index contributed by atoms with van der Waals surface area (Å²) < 4.78 is 15.1. The van der Waals surface area contributed by atoms with Gasteiger partial charge in [0.05, 0.1) is 26.5 Å². The molecule has 106 valence electrons. The molecule has 0 saturated carbocycles. The molecule has 18 heavy (non-hydrogen) atoms. The molecule has 0 amide bonds. The molecule has 0 fully saturated rings. The molecular weight excluding hydrogens is 304 g/mol. The molecule has 0 spiro atoms. The second-order valence-corrected chi connectivity index (χ2v) is 3.64. The summed E-state index contributed by atoms with van der Waals surface area (Å²) in [7, 11) is 1.61. The molecule has 1 aliphatic heterocycles. The Bertz CT molecular complexity index is 263. The maximum absolute atomic E-state index is 11.6. The Morgan fingerprint density at radius 1 is 1.39 bits per heavy atom. The molecule has 1 unspecified atom stereocenters. The van der Waals surface area contributed by atoms with Gasteiger partial charge in [0.25, 0.3) is 0 Å². The number of ether oxygens (including phenoxy) is 3. The lowest BCUT2D eigenvalue weighted by molar-refractivity contribution is -0.150. The van der Waals surface area contributed by atoms with Crippen LogP contribution in [0.3, 0.4) is 0 Å². The normalized spacial score (nSPS) is 14.9. The van der Waals surface area contributed by atoms with Crippen molar-refractivity contribution in [1.29, 1.82) is 0 Å². The number of hydrogen-bond acceptors (Lipinski definition) is 6. The molecule has 0 bridgehead atoms. The Kier molecular flexibility index (Phi) is 9.72. The number of hydrogen-bond donors (Lipinski definition) is 1. The van der Waals surface area contributed by atoms with Crippen LogP contribution in [0.15, 0.2) is 12.4 Å². The average Bonchev–Trinajstić information content (AvgIpc) is 2.86. The van der Waals surface area contributed by atoms with E-state index < -0.39 is 0 Å². The molecule has 6 nitrogen and oxygen atoms in total. The lowest BCUT2D eigenvalue weighted by Gasteiger charge is -2.21. The van der Waals surface area contributed by atoms with E-state index in [4.69, 9.17) is 14.2 Å². The molecule has 1 heterocycles. The van der Waals surface area contributed by atoms with E-state index in [2.05, 4.69) is 5.32 Å². The van der Waals surface area contributed by atoms with Gasteiger partial charge >= 0.3 is 5.97 Å². The first-order chi connectivity index (χ1) is 8.25. The van der Waals surface area contributed by atoms with Gasteiger partial charge < -0.3 is 24.4 Å². The number of carbonyl (C=O) groups is 1. The van der Waals surface area contributed by atoms with Crippen LogP contribution in [0.2, 0.25) is 0 Å². The van der Waals surface area contributed by atoms with Crippen molar-refractivity contribution in [3.8, 4) is 0 Å². The SMILES string of the molecule is Br.COCCOCCOC(=O)C(C)N1C=CNC1. The first-order valence-corrected chi connectivity index (χ1v) is 5.65. The van der Waals surface area contributed by atoms with E-state index >= 15 is 0 Å². The smallest absolute Gasteiger partial charge is 0.328 e. The van der Waals surface area contributed by atoms with Crippen molar-refractivity contribution in [2.75, 3.05) is 40.2 Å². The van der Waals surface area contributed by atoms with Crippen molar-refractivity contribution in [3.05, 3.63) is 12.4 Å². The molecule has 1 atom stereocenters. The summed E-state index contributed by atoms with van der Waals surface area (Å²) in [6.45, 7) is 4.19. The van der Waals surface area contributed by atoms with Crippen molar-refractivity contribution < 1.29 is 19.0 Å².